The molecular weight excluding hydrogens is 346 g/mol. The van der Waals surface area contributed by atoms with Crippen molar-refractivity contribution >= 4 is 39.9 Å². The van der Waals surface area contributed by atoms with E-state index in [-0.39, 0.29) is 18.4 Å². The topological polar surface area (TPSA) is 62.3 Å². The maximum absolute atomic E-state index is 12.2. The van der Waals surface area contributed by atoms with E-state index in [9.17, 15) is 9.59 Å². The second-order valence-electron chi connectivity index (χ2n) is 5.75. The highest BCUT2D eigenvalue weighted by molar-refractivity contribution is 7.16. The molecule has 1 aromatic heterocycles. The van der Waals surface area contributed by atoms with Gasteiger partial charge in [-0.1, -0.05) is 23.7 Å². The van der Waals surface area contributed by atoms with E-state index in [4.69, 9.17) is 11.6 Å². The Morgan fingerprint density at radius 3 is 2.79 bits per heavy atom. The minimum Gasteiger partial charge on any atom is -0.333 e. The molecule has 0 radical (unpaired) electrons. The van der Waals surface area contributed by atoms with Gasteiger partial charge in [-0.25, -0.2) is 4.98 Å². The molecule has 0 unspecified atom stereocenters. The number of rotatable bonds is 4. The van der Waals surface area contributed by atoms with Crippen molar-refractivity contribution in [1.82, 2.24) is 9.88 Å². The van der Waals surface area contributed by atoms with E-state index in [0.717, 1.165) is 29.0 Å². The summed E-state index contributed by atoms with van der Waals surface area (Å²) in [5.41, 5.74) is 1.79. The largest absolute Gasteiger partial charge is 0.333 e. The Kier molecular flexibility index (Phi) is 5.16. The molecule has 0 aliphatic carbocycles. The van der Waals surface area contributed by atoms with Crippen LogP contribution in [0, 0.1) is 6.92 Å². The van der Waals surface area contributed by atoms with E-state index in [1.165, 1.54) is 11.3 Å². The van der Waals surface area contributed by atoms with Crippen LogP contribution >= 0.6 is 22.9 Å². The molecule has 1 aliphatic heterocycles. The number of benzene rings is 1. The van der Waals surface area contributed by atoms with Gasteiger partial charge in [0, 0.05) is 28.4 Å². The first kappa shape index (κ1) is 16.9. The Labute approximate surface area is 149 Å². The van der Waals surface area contributed by atoms with Gasteiger partial charge in [-0.15, -0.1) is 11.3 Å². The van der Waals surface area contributed by atoms with Gasteiger partial charge in [0.15, 0.2) is 5.13 Å². The van der Waals surface area contributed by atoms with Gasteiger partial charge in [0.2, 0.25) is 11.8 Å². The zero-order chi connectivity index (χ0) is 17.1. The number of carbonyl (C=O) groups is 2. The Morgan fingerprint density at radius 1 is 1.33 bits per heavy atom. The number of aryl methyl sites for hydroxylation is 1. The molecule has 1 fully saturated rings. The molecule has 1 N–H and O–H groups in total. The van der Waals surface area contributed by atoms with Gasteiger partial charge in [0.25, 0.3) is 0 Å². The molecule has 0 bridgehead atoms. The number of nitrogens with one attached hydrogen (secondary N) is 1. The molecular formula is C17H18ClN3O2S. The van der Waals surface area contributed by atoms with Crippen LogP contribution in [0.4, 0.5) is 5.13 Å². The summed E-state index contributed by atoms with van der Waals surface area (Å²) in [4.78, 5) is 31.1. The molecule has 5 nitrogen and oxygen atoms in total. The lowest BCUT2D eigenvalue weighted by molar-refractivity contribution is -0.136. The third-order valence-corrected chi connectivity index (χ3v) is 5.05. The normalized spacial score (nSPS) is 14.8. The van der Waals surface area contributed by atoms with Gasteiger partial charge in [0.1, 0.15) is 0 Å². The number of carbonyl (C=O) groups excluding carboxylic acids is 2. The highest BCUT2D eigenvalue weighted by Crippen LogP contribution is 2.31. The van der Waals surface area contributed by atoms with Gasteiger partial charge in [-0.05, 0) is 31.9 Å². The number of thiazole rings is 1. The highest BCUT2D eigenvalue weighted by atomic mass is 35.5. The summed E-state index contributed by atoms with van der Waals surface area (Å²) in [5.74, 6) is -0.157. The van der Waals surface area contributed by atoms with Crippen molar-refractivity contribution < 1.29 is 9.59 Å². The minimum atomic E-state index is -0.207. The predicted octanol–water partition coefficient (Wildman–Crippen LogP) is 3.72. The van der Waals surface area contributed by atoms with Crippen LogP contribution in [0.25, 0.3) is 11.3 Å². The van der Waals surface area contributed by atoms with Gasteiger partial charge in [0.05, 0.1) is 12.2 Å². The smallest absolute Gasteiger partial charge is 0.245 e. The van der Waals surface area contributed by atoms with Gasteiger partial charge >= 0.3 is 0 Å². The number of hydrogen-bond donors (Lipinski definition) is 1. The first-order valence-electron chi connectivity index (χ1n) is 7.84. The predicted molar refractivity (Wildman–Crippen MR) is 96.4 cm³/mol. The van der Waals surface area contributed by atoms with Crippen LogP contribution in [-0.2, 0) is 9.59 Å². The quantitative estimate of drug-likeness (QED) is 0.900. The molecule has 3 rings (SSSR count). The van der Waals surface area contributed by atoms with Crippen LogP contribution in [0.2, 0.25) is 5.02 Å². The molecule has 24 heavy (non-hydrogen) atoms. The van der Waals surface area contributed by atoms with Crippen molar-refractivity contribution in [2.75, 3.05) is 18.4 Å². The maximum Gasteiger partial charge on any atom is 0.245 e. The Bertz CT molecular complexity index is 758. The summed E-state index contributed by atoms with van der Waals surface area (Å²) >= 11 is 7.34. The molecule has 1 aromatic carbocycles. The molecule has 7 heteroatoms. The molecule has 2 amide bonds. The number of nitrogens with zero attached hydrogens (tertiary/aromatic N) is 2. The molecule has 0 saturated carbocycles. The van der Waals surface area contributed by atoms with E-state index < -0.39 is 0 Å². The van der Waals surface area contributed by atoms with Crippen molar-refractivity contribution in [2.24, 2.45) is 0 Å². The van der Waals surface area contributed by atoms with E-state index in [1.54, 1.807) is 4.90 Å². The fourth-order valence-corrected chi connectivity index (χ4v) is 3.66. The van der Waals surface area contributed by atoms with Crippen molar-refractivity contribution in [1.29, 1.82) is 0 Å². The Morgan fingerprint density at radius 2 is 2.08 bits per heavy atom. The molecule has 0 spiro atoms. The summed E-state index contributed by atoms with van der Waals surface area (Å²) in [7, 11) is 0. The second-order valence-corrected chi connectivity index (χ2v) is 7.39. The van der Waals surface area contributed by atoms with Crippen molar-refractivity contribution in [3.63, 3.8) is 0 Å². The molecule has 0 atom stereocenters. The lowest BCUT2D eigenvalue weighted by atomic mass is 10.1. The summed E-state index contributed by atoms with van der Waals surface area (Å²) in [6.07, 6.45) is 2.40. The SMILES string of the molecule is Cc1sc(NC(=O)CN2CCCCC2=O)nc1-c1ccc(Cl)cc1. The third-order valence-electron chi connectivity index (χ3n) is 3.92. The number of anilines is 1. The number of amides is 2. The van der Waals surface area contributed by atoms with Crippen LogP contribution in [0.15, 0.2) is 24.3 Å². The Hall–Kier alpha value is -1.92. The summed E-state index contributed by atoms with van der Waals surface area (Å²) in [6, 6.07) is 7.44. The number of piperidine rings is 1. The zero-order valence-electron chi connectivity index (χ0n) is 13.3. The lowest BCUT2D eigenvalue weighted by Crippen LogP contribution is -2.40. The van der Waals surface area contributed by atoms with Crippen LogP contribution in [0.3, 0.4) is 0 Å². The van der Waals surface area contributed by atoms with Crippen LogP contribution in [0.1, 0.15) is 24.1 Å². The maximum atomic E-state index is 12.2. The van der Waals surface area contributed by atoms with Crippen LogP contribution < -0.4 is 5.32 Å². The number of aromatic nitrogens is 1. The molecule has 126 valence electrons. The first-order chi connectivity index (χ1) is 11.5. The molecule has 2 heterocycles. The average molecular weight is 364 g/mol. The number of likely N-dealkylation sites (tertiary alicyclic amines) is 1. The van der Waals surface area contributed by atoms with Gasteiger partial charge in [-0.3, -0.25) is 9.59 Å². The van der Waals surface area contributed by atoms with Gasteiger partial charge in [-0.2, -0.15) is 0 Å². The minimum absolute atomic E-state index is 0.0496. The lowest BCUT2D eigenvalue weighted by Gasteiger charge is -2.25. The monoisotopic (exact) mass is 363 g/mol. The Balaban J connectivity index is 1.67. The third kappa shape index (κ3) is 3.94. The summed E-state index contributed by atoms with van der Waals surface area (Å²) in [5, 5.41) is 4.02. The first-order valence-corrected chi connectivity index (χ1v) is 9.03. The van der Waals surface area contributed by atoms with E-state index >= 15 is 0 Å². The number of halogens is 1. The van der Waals surface area contributed by atoms with Crippen molar-refractivity contribution in [2.45, 2.75) is 26.2 Å². The van der Waals surface area contributed by atoms with Gasteiger partial charge < -0.3 is 10.2 Å². The van der Waals surface area contributed by atoms with Crippen LogP contribution in [-0.4, -0.2) is 34.8 Å². The fourth-order valence-electron chi connectivity index (χ4n) is 2.69. The van der Waals surface area contributed by atoms with Crippen molar-refractivity contribution in [3.05, 3.63) is 34.2 Å². The van der Waals surface area contributed by atoms with Crippen molar-refractivity contribution in [3.8, 4) is 11.3 Å². The summed E-state index contributed by atoms with van der Waals surface area (Å²) in [6.45, 7) is 2.71. The van der Waals surface area contributed by atoms with E-state index in [0.29, 0.717) is 23.1 Å². The van der Waals surface area contributed by atoms with E-state index in [2.05, 4.69) is 10.3 Å². The zero-order valence-corrected chi connectivity index (χ0v) is 14.9. The average Bonchev–Trinajstić information content (AvgIpc) is 2.90. The highest BCUT2D eigenvalue weighted by Gasteiger charge is 2.21. The van der Waals surface area contributed by atoms with Crippen LogP contribution in [0.5, 0.6) is 0 Å². The molecule has 2 aromatic rings. The second kappa shape index (κ2) is 7.32. The molecule has 1 aliphatic rings. The van der Waals surface area contributed by atoms with E-state index in [1.807, 2.05) is 31.2 Å². The molecule has 1 saturated heterocycles. The fraction of sp³-hybridized carbons (Fsp3) is 0.353. The summed E-state index contributed by atoms with van der Waals surface area (Å²) < 4.78 is 0. The standard InChI is InChI=1S/C17H18ClN3O2S/c1-11-16(12-5-7-13(18)8-6-12)20-17(24-11)19-14(22)10-21-9-3-2-4-15(21)23/h5-8H,2-4,9-10H2,1H3,(H,19,20,22). The number of hydrogen-bond acceptors (Lipinski definition) is 4.